The monoisotopic (exact) mass is 365 g/mol. The lowest BCUT2D eigenvalue weighted by Crippen LogP contribution is -2.30. The van der Waals surface area contributed by atoms with E-state index in [1.54, 1.807) is 18.2 Å². The molecule has 0 bridgehead atoms. The Morgan fingerprint density at radius 3 is 2.68 bits per heavy atom. The Hall–Kier alpha value is -2.60. The molecule has 0 aliphatic rings. The summed E-state index contributed by atoms with van der Waals surface area (Å²) in [5.41, 5.74) is 0.835. The van der Waals surface area contributed by atoms with Crippen molar-refractivity contribution in [3.05, 3.63) is 58.9 Å². The highest BCUT2D eigenvalue weighted by molar-refractivity contribution is 6.30. The third-order valence-electron chi connectivity index (χ3n) is 3.35. The SMILES string of the molecule is COc1ccc(Cl)cc1CC(=O)O[C@H](C)C(=O)Nc1cccc(F)c1. The normalized spacial score (nSPS) is 11.5. The molecule has 0 heterocycles. The van der Waals surface area contributed by atoms with Crippen LogP contribution in [0.25, 0.3) is 0 Å². The zero-order valence-corrected chi connectivity index (χ0v) is 14.5. The van der Waals surface area contributed by atoms with Crippen LogP contribution in [0.15, 0.2) is 42.5 Å². The maximum absolute atomic E-state index is 13.1. The molecule has 132 valence electrons. The molecule has 25 heavy (non-hydrogen) atoms. The standard InChI is InChI=1S/C18H17ClFNO4/c1-11(18(23)21-15-5-3-4-14(20)10-15)25-17(22)9-12-8-13(19)6-7-16(12)24-2/h3-8,10-11H,9H2,1-2H3,(H,21,23)/t11-/m1/s1. The lowest BCUT2D eigenvalue weighted by Gasteiger charge is -2.14. The van der Waals surface area contributed by atoms with Gasteiger partial charge in [0.2, 0.25) is 0 Å². The summed E-state index contributed by atoms with van der Waals surface area (Å²) in [6.45, 7) is 1.43. The molecular weight excluding hydrogens is 349 g/mol. The van der Waals surface area contributed by atoms with Gasteiger partial charge in [-0.15, -0.1) is 0 Å². The molecule has 7 heteroatoms. The quantitative estimate of drug-likeness (QED) is 0.794. The maximum atomic E-state index is 13.1. The number of anilines is 1. The fourth-order valence-electron chi connectivity index (χ4n) is 2.14. The first-order valence-electron chi connectivity index (χ1n) is 7.47. The number of rotatable bonds is 6. The maximum Gasteiger partial charge on any atom is 0.311 e. The average Bonchev–Trinajstić information content (AvgIpc) is 2.55. The van der Waals surface area contributed by atoms with Crippen molar-refractivity contribution < 1.29 is 23.5 Å². The van der Waals surface area contributed by atoms with Gasteiger partial charge in [-0.05, 0) is 43.3 Å². The van der Waals surface area contributed by atoms with Gasteiger partial charge >= 0.3 is 5.97 Å². The Bertz CT molecular complexity index is 781. The van der Waals surface area contributed by atoms with Crippen LogP contribution in [0.5, 0.6) is 5.75 Å². The average molecular weight is 366 g/mol. The smallest absolute Gasteiger partial charge is 0.311 e. The predicted molar refractivity (Wildman–Crippen MR) is 92.3 cm³/mol. The van der Waals surface area contributed by atoms with Gasteiger partial charge in [0.15, 0.2) is 6.10 Å². The fourth-order valence-corrected chi connectivity index (χ4v) is 2.34. The minimum absolute atomic E-state index is 0.0959. The van der Waals surface area contributed by atoms with E-state index in [-0.39, 0.29) is 12.1 Å². The number of benzene rings is 2. The number of amides is 1. The summed E-state index contributed by atoms with van der Waals surface area (Å²) in [5.74, 6) is -1.15. The minimum atomic E-state index is -1.04. The van der Waals surface area contributed by atoms with E-state index in [2.05, 4.69) is 5.32 Å². The summed E-state index contributed by atoms with van der Waals surface area (Å²) in [4.78, 5) is 24.1. The zero-order chi connectivity index (χ0) is 18.4. The van der Waals surface area contributed by atoms with Crippen LogP contribution in [-0.4, -0.2) is 25.1 Å². The largest absolute Gasteiger partial charge is 0.496 e. The van der Waals surface area contributed by atoms with Gasteiger partial charge in [-0.3, -0.25) is 9.59 Å². The third-order valence-corrected chi connectivity index (χ3v) is 3.58. The van der Waals surface area contributed by atoms with Crippen LogP contribution in [0, 0.1) is 5.82 Å². The number of carbonyl (C=O) groups excluding carboxylic acids is 2. The first-order chi connectivity index (χ1) is 11.9. The Morgan fingerprint density at radius 2 is 2.00 bits per heavy atom. The second-order valence-corrected chi connectivity index (χ2v) is 5.70. The van der Waals surface area contributed by atoms with Crippen molar-refractivity contribution in [1.29, 1.82) is 0 Å². The molecule has 0 unspecified atom stereocenters. The van der Waals surface area contributed by atoms with Crippen LogP contribution in [-0.2, 0) is 20.7 Å². The number of hydrogen-bond donors (Lipinski definition) is 1. The highest BCUT2D eigenvalue weighted by Crippen LogP contribution is 2.23. The van der Waals surface area contributed by atoms with Gasteiger partial charge in [0, 0.05) is 16.3 Å². The minimum Gasteiger partial charge on any atom is -0.496 e. The van der Waals surface area contributed by atoms with Crippen LogP contribution in [0.4, 0.5) is 10.1 Å². The topological polar surface area (TPSA) is 64.6 Å². The summed E-state index contributed by atoms with van der Waals surface area (Å²) in [5, 5.41) is 2.94. The molecule has 5 nitrogen and oxygen atoms in total. The van der Waals surface area contributed by atoms with Gasteiger partial charge in [0.25, 0.3) is 5.91 Å². The van der Waals surface area contributed by atoms with Crippen LogP contribution in [0.1, 0.15) is 12.5 Å². The van der Waals surface area contributed by atoms with E-state index in [0.717, 1.165) is 0 Å². The third kappa shape index (κ3) is 5.46. The second-order valence-electron chi connectivity index (χ2n) is 5.26. The molecule has 2 aromatic carbocycles. The van der Waals surface area contributed by atoms with E-state index in [9.17, 15) is 14.0 Å². The van der Waals surface area contributed by atoms with Crippen LogP contribution in [0.2, 0.25) is 5.02 Å². The van der Waals surface area contributed by atoms with Crippen molar-refractivity contribution >= 4 is 29.2 Å². The van der Waals surface area contributed by atoms with E-state index < -0.39 is 23.8 Å². The Morgan fingerprint density at radius 1 is 1.24 bits per heavy atom. The van der Waals surface area contributed by atoms with Crippen molar-refractivity contribution in [3.63, 3.8) is 0 Å². The molecule has 0 saturated carbocycles. The van der Waals surface area contributed by atoms with E-state index in [4.69, 9.17) is 21.1 Å². The summed E-state index contributed by atoms with van der Waals surface area (Å²) >= 11 is 5.91. The van der Waals surface area contributed by atoms with E-state index >= 15 is 0 Å². The van der Waals surface area contributed by atoms with Crippen LogP contribution >= 0.6 is 11.6 Å². The molecule has 0 radical (unpaired) electrons. The van der Waals surface area contributed by atoms with Crippen molar-refractivity contribution in [1.82, 2.24) is 0 Å². The van der Waals surface area contributed by atoms with E-state index in [1.807, 2.05) is 0 Å². The molecule has 1 amide bonds. The number of esters is 1. The van der Waals surface area contributed by atoms with Gasteiger partial charge in [0.1, 0.15) is 11.6 Å². The summed E-state index contributed by atoms with van der Waals surface area (Å²) in [6, 6.07) is 10.3. The Kier molecular flexibility index (Phi) is 6.36. The molecule has 1 N–H and O–H groups in total. The van der Waals surface area contributed by atoms with Gasteiger partial charge in [-0.2, -0.15) is 0 Å². The summed E-state index contributed by atoms with van der Waals surface area (Å²) in [6.07, 6.45) is -1.14. The van der Waals surface area contributed by atoms with Crippen molar-refractivity contribution in [2.75, 3.05) is 12.4 Å². The molecule has 0 aliphatic heterocycles. The Labute approximate surface area is 149 Å². The highest BCUT2D eigenvalue weighted by atomic mass is 35.5. The molecule has 2 rings (SSSR count). The van der Waals surface area contributed by atoms with Crippen LogP contribution in [0.3, 0.4) is 0 Å². The first-order valence-corrected chi connectivity index (χ1v) is 7.85. The van der Waals surface area contributed by atoms with Crippen molar-refractivity contribution in [3.8, 4) is 5.75 Å². The second kappa shape index (κ2) is 8.48. The van der Waals surface area contributed by atoms with E-state index in [1.165, 1.54) is 38.3 Å². The van der Waals surface area contributed by atoms with Gasteiger partial charge < -0.3 is 14.8 Å². The Balaban J connectivity index is 1.95. The molecule has 2 aromatic rings. The molecular formula is C18H17ClFNO4. The summed E-state index contributed by atoms with van der Waals surface area (Å²) in [7, 11) is 1.48. The number of halogens is 2. The number of hydrogen-bond acceptors (Lipinski definition) is 4. The highest BCUT2D eigenvalue weighted by Gasteiger charge is 2.19. The lowest BCUT2D eigenvalue weighted by molar-refractivity contribution is -0.152. The van der Waals surface area contributed by atoms with Crippen LogP contribution < -0.4 is 10.1 Å². The van der Waals surface area contributed by atoms with Crippen molar-refractivity contribution in [2.45, 2.75) is 19.4 Å². The number of carbonyl (C=O) groups is 2. The van der Waals surface area contributed by atoms with Gasteiger partial charge in [-0.1, -0.05) is 17.7 Å². The summed E-state index contributed by atoms with van der Waals surface area (Å²) < 4.78 is 23.4. The number of methoxy groups -OCH3 is 1. The zero-order valence-electron chi connectivity index (χ0n) is 13.7. The van der Waals surface area contributed by atoms with Crippen molar-refractivity contribution in [2.24, 2.45) is 0 Å². The number of nitrogens with one attached hydrogen (secondary N) is 1. The molecule has 0 aliphatic carbocycles. The fraction of sp³-hybridized carbons (Fsp3) is 0.222. The van der Waals surface area contributed by atoms with E-state index in [0.29, 0.717) is 16.3 Å². The lowest BCUT2D eigenvalue weighted by atomic mass is 10.1. The molecule has 0 saturated heterocycles. The molecule has 1 atom stereocenters. The first kappa shape index (κ1) is 18.7. The number of ether oxygens (including phenoxy) is 2. The molecule has 0 aromatic heterocycles. The molecule has 0 fully saturated rings. The predicted octanol–water partition coefficient (Wildman–Crippen LogP) is 3.60. The molecule has 0 spiro atoms. The van der Waals surface area contributed by atoms with Gasteiger partial charge in [-0.25, -0.2) is 4.39 Å². The van der Waals surface area contributed by atoms with Gasteiger partial charge in [0.05, 0.1) is 13.5 Å².